The molecule has 0 unspecified atom stereocenters. The summed E-state index contributed by atoms with van der Waals surface area (Å²) in [7, 11) is 1.60. The lowest BCUT2D eigenvalue weighted by molar-refractivity contribution is -0.121. The molecule has 3 heterocycles. The summed E-state index contributed by atoms with van der Waals surface area (Å²) in [6.07, 6.45) is 2.60. The van der Waals surface area contributed by atoms with Gasteiger partial charge in [0.1, 0.15) is 0 Å². The molecular formula is C23H23F2N5O2. The van der Waals surface area contributed by atoms with Gasteiger partial charge in [0.25, 0.3) is 12.0 Å². The van der Waals surface area contributed by atoms with Crippen LogP contribution in [0.5, 0.6) is 0 Å². The number of fused-ring (bicyclic) bond motifs is 1. The quantitative estimate of drug-likeness (QED) is 0.477. The maximum Gasteiger partial charge on any atom is 0.264 e. The van der Waals surface area contributed by atoms with E-state index in [1.165, 1.54) is 15.4 Å². The summed E-state index contributed by atoms with van der Waals surface area (Å²) in [6, 6.07) is 12.4. The zero-order valence-corrected chi connectivity index (χ0v) is 17.7. The van der Waals surface area contributed by atoms with Gasteiger partial charge in [-0.05, 0) is 36.8 Å². The number of alkyl halides is 2. The van der Waals surface area contributed by atoms with E-state index in [1.54, 1.807) is 7.05 Å². The number of aryl methyl sites for hydroxylation is 2. The van der Waals surface area contributed by atoms with Crippen LogP contribution in [0.3, 0.4) is 0 Å². The third-order valence-electron chi connectivity index (χ3n) is 5.39. The Morgan fingerprint density at radius 2 is 1.84 bits per heavy atom. The molecule has 0 radical (unpaired) electrons. The van der Waals surface area contributed by atoms with Crippen molar-refractivity contribution in [2.75, 3.05) is 0 Å². The predicted molar refractivity (Wildman–Crippen MR) is 117 cm³/mol. The van der Waals surface area contributed by atoms with Crippen molar-refractivity contribution in [3.05, 3.63) is 82.5 Å². The van der Waals surface area contributed by atoms with Crippen LogP contribution >= 0.6 is 0 Å². The first kappa shape index (κ1) is 21.5. The monoisotopic (exact) mass is 439 g/mol. The molecule has 0 aliphatic rings. The highest BCUT2D eigenvalue weighted by molar-refractivity contribution is 5.80. The molecule has 1 atom stereocenters. The van der Waals surface area contributed by atoms with Gasteiger partial charge in [-0.3, -0.25) is 18.8 Å². The van der Waals surface area contributed by atoms with Crippen molar-refractivity contribution in [1.82, 2.24) is 24.2 Å². The van der Waals surface area contributed by atoms with E-state index in [2.05, 4.69) is 10.4 Å². The molecule has 1 aromatic carbocycles. The molecule has 4 rings (SSSR count). The summed E-state index contributed by atoms with van der Waals surface area (Å²) in [6.45, 7) is 1.92. The number of rotatable bonds is 7. The molecule has 0 spiro atoms. The fraction of sp³-hybridized carbons (Fsp3) is 0.261. The summed E-state index contributed by atoms with van der Waals surface area (Å²) in [4.78, 5) is 24.9. The van der Waals surface area contributed by atoms with Crippen molar-refractivity contribution >= 4 is 16.9 Å². The fourth-order valence-electron chi connectivity index (χ4n) is 3.72. The van der Waals surface area contributed by atoms with Crippen molar-refractivity contribution in [3.8, 4) is 5.69 Å². The molecule has 0 fully saturated rings. The van der Waals surface area contributed by atoms with Gasteiger partial charge in [0.15, 0.2) is 5.65 Å². The average Bonchev–Trinajstić information content (AvgIpc) is 3.42. The van der Waals surface area contributed by atoms with Gasteiger partial charge in [-0.2, -0.15) is 5.10 Å². The molecule has 0 bridgehead atoms. The van der Waals surface area contributed by atoms with E-state index >= 15 is 0 Å². The van der Waals surface area contributed by atoms with Crippen LogP contribution in [0.4, 0.5) is 8.78 Å². The van der Waals surface area contributed by atoms with E-state index < -0.39 is 12.0 Å². The Morgan fingerprint density at radius 3 is 2.50 bits per heavy atom. The maximum absolute atomic E-state index is 13.3. The standard InChI is InChI=1S/C23H23F2N5O2/c1-15(16-5-7-17(8-6-16)29-10-3-4-11-29)26-20(31)9-12-30-21(32)13-18(22(24)25)19-14-28(2)27-23(19)30/h3-8,10-11,13-15,22H,9,12H2,1-2H3,(H,26,31)/t15-/m1/s1. The Hall–Kier alpha value is -3.75. The van der Waals surface area contributed by atoms with E-state index in [4.69, 9.17) is 0 Å². The van der Waals surface area contributed by atoms with E-state index in [9.17, 15) is 18.4 Å². The topological polar surface area (TPSA) is 73.8 Å². The van der Waals surface area contributed by atoms with E-state index in [1.807, 2.05) is 60.3 Å². The van der Waals surface area contributed by atoms with Crippen LogP contribution in [0, 0.1) is 0 Å². The largest absolute Gasteiger partial charge is 0.350 e. The maximum atomic E-state index is 13.3. The number of pyridine rings is 1. The summed E-state index contributed by atoms with van der Waals surface area (Å²) in [5.41, 5.74) is 1.16. The highest BCUT2D eigenvalue weighted by atomic mass is 19.3. The molecule has 166 valence electrons. The van der Waals surface area contributed by atoms with Crippen LogP contribution in [0.15, 0.2) is 65.8 Å². The molecular weight excluding hydrogens is 416 g/mol. The molecule has 1 amide bonds. The van der Waals surface area contributed by atoms with Gasteiger partial charge in [-0.25, -0.2) is 8.78 Å². The van der Waals surface area contributed by atoms with Crippen LogP contribution < -0.4 is 10.9 Å². The first-order valence-corrected chi connectivity index (χ1v) is 10.2. The van der Waals surface area contributed by atoms with E-state index in [0.29, 0.717) is 0 Å². The Morgan fingerprint density at radius 1 is 1.16 bits per heavy atom. The third-order valence-corrected chi connectivity index (χ3v) is 5.39. The molecule has 9 heteroatoms. The lowest BCUT2D eigenvalue weighted by Gasteiger charge is -2.16. The Bertz CT molecular complexity index is 1290. The van der Waals surface area contributed by atoms with Gasteiger partial charge in [-0.1, -0.05) is 12.1 Å². The van der Waals surface area contributed by atoms with Crippen molar-refractivity contribution < 1.29 is 13.6 Å². The smallest absolute Gasteiger partial charge is 0.264 e. The molecule has 3 aromatic heterocycles. The second kappa shape index (κ2) is 8.78. The number of nitrogens with one attached hydrogen (secondary N) is 1. The number of benzene rings is 1. The fourth-order valence-corrected chi connectivity index (χ4v) is 3.72. The van der Waals surface area contributed by atoms with Crippen LogP contribution in [-0.4, -0.2) is 24.8 Å². The highest BCUT2D eigenvalue weighted by Crippen LogP contribution is 2.25. The Balaban J connectivity index is 1.44. The summed E-state index contributed by atoms with van der Waals surface area (Å²) >= 11 is 0. The molecule has 0 saturated carbocycles. The van der Waals surface area contributed by atoms with Crippen molar-refractivity contribution in [3.63, 3.8) is 0 Å². The molecule has 0 saturated heterocycles. The number of halogens is 2. The summed E-state index contributed by atoms with van der Waals surface area (Å²) < 4.78 is 31.2. The van der Waals surface area contributed by atoms with Crippen molar-refractivity contribution in [2.24, 2.45) is 7.05 Å². The van der Waals surface area contributed by atoms with Gasteiger partial charge in [0, 0.05) is 61.3 Å². The number of carbonyl (C=O) groups is 1. The highest BCUT2D eigenvalue weighted by Gasteiger charge is 2.19. The second-order valence-corrected chi connectivity index (χ2v) is 7.65. The lowest BCUT2D eigenvalue weighted by Crippen LogP contribution is -2.29. The number of aromatic nitrogens is 4. The predicted octanol–water partition coefficient (Wildman–Crippen LogP) is 3.73. The van der Waals surface area contributed by atoms with Crippen LogP contribution in [0.25, 0.3) is 16.7 Å². The first-order valence-electron chi connectivity index (χ1n) is 10.2. The number of hydrogen-bond donors (Lipinski definition) is 1. The number of amides is 1. The minimum absolute atomic E-state index is 0.0192. The Labute approximate surface area is 182 Å². The number of carbonyl (C=O) groups excluding carboxylic acids is 1. The number of hydrogen-bond acceptors (Lipinski definition) is 3. The first-order chi connectivity index (χ1) is 15.3. The van der Waals surface area contributed by atoms with Gasteiger partial charge >= 0.3 is 0 Å². The molecule has 7 nitrogen and oxygen atoms in total. The van der Waals surface area contributed by atoms with Crippen molar-refractivity contribution in [1.29, 1.82) is 0 Å². The Kier molecular flexibility index (Phi) is 5.89. The molecule has 0 aliphatic carbocycles. The van der Waals surface area contributed by atoms with E-state index in [-0.39, 0.29) is 41.5 Å². The van der Waals surface area contributed by atoms with Crippen LogP contribution in [0.1, 0.15) is 36.9 Å². The zero-order chi connectivity index (χ0) is 22.8. The lowest BCUT2D eigenvalue weighted by atomic mass is 10.1. The van der Waals surface area contributed by atoms with Crippen molar-refractivity contribution in [2.45, 2.75) is 32.4 Å². The average molecular weight is 439 g/mol. The minimum Gasteiger partial charge on any atom is -0.350 e. The normalized spacial score (nSPS) is 12.4. The van der Waals surface area contributed by atoms with Gasteiger partial charge in [0.05, 0.1) is 6.04 Å². The van der Waals surface area contributed by atoms with Gasteiger partial charge in [0.2, 0.25) is 5.91 Å². The summed E-state index contributed by atoms with van der Waals surface area (Å²) in [5, 5.41) is 7.27. The van der Waals surface area contributed by atoms with Crippen LogP contribution in [0.2, 0.25) is 0 Å². The molecule has 4 aromatic rings. The third kappa shape index (κ3) is 4.32. The molecule has 32 heavy (non-hydrogen) atoms. The second-order valence-electron chi connectivity index (χ2n) is 7.65. The van der Waals surface area contributed by atoms with Gasteiger partial charge < -0.3 is 9.88 Å². The molecule has 1 N–H and O–H groups in total. The zero-order valence-electron chi connectivity index (χ0n) is 17.7. The van der Waals surface area contributed by atoms with Crippen LogP contribution in [-0.2, 0) is 18.4 Å². The van der Waals surface area contributed by atoms with Gasteiger partial charge in [-0.15, -0.1) is 0 Å². The molecule has 0 aliphatic heterocycles. The number of nitrogens with zero attached hydrogens (tertiary/aromatic N) is 4. The van der Waals surface area contributed by atoms with E-state index in [0.717, 1.165) is 17.3 Å². The minimum atomic E-state index is -2.78. The summed E-state index contributed by atoms with van der Waals surface area (Å²) in [5.74, 6) is -0.249. The SMILES string of the molecule is C[C@@H](NC(=O)CCn1c(=O)cc(C(F)F)c2cn(C)nc21)c1ccc(-n2cccc2)cc1.